The number of alkyl halides is 2. The summed E-state index contributed by atoms with van der Waals surface area (Å²) in [6.45, 7) is -2.63. The van der Waals surface area contributed by atoms with Gasteiger partial charge in [0.05, 0.1) is 24.3 Å². The number of amides is 1. The molecule has 9 heteroatoms. The zero-order valence-corrected chi connectivity index (χ0v) is 16.0. The van der Waals surface area contributed by atoms with E-state index >= 15 is 0 Å². The Bertz CT molecular complexity index is 795. The topological polar surface area (TPSA) is 56.8 Å². The second kappa shape index (κ2) is 9.62. The van der Waals surface area contributed by atoms with Crippen LogP contribution in [0.15, 0.2) is 30.3 Å². The van der Waals surface area contributed by atoms with Gasteiger partial charge < -0.3 is 19.5 Å². The highest BCUT2D eigenvalue weighted by Crippen LogP contribution is 2.34. The summed E-state index contributed by atoms with van der Waals surface area (Å²) < 4.78 is 39.1. The Hall–Kier alpha value is -2.25. The molecule has 5 nitrogen and oxygen atoms in total. The van der Waals surface area contributed by atoms with E-state index in [4.69, 9.17) is 32.7 Å². The van der Waals surface area contributed by atoms with Gasteiger partial charge in [-0.3, -0.25) is 4.79 Å². The first-order chi connectivity index (χ1) is 12.8. The molecule has 27 heavy (non-hydrogen) atoms. The Kier molecular flexibility index (Phi) is 7.50. The number of halogens is 4. The van der Waals surface area contributed by atoms with Crippen LogP contribution in [0.4, 0.5) is 8.78 Å². The molecule has 1 amide bonds. The van der Waals surface area contributed by atoms with Gasteiger partial charge in [-0.1, -0.05) is 29.3 Å². The molecular weight excluding hydrogens is 403 g/mol. The monoisotopic (exact) mass is 419 g/mol. The summed E-state index contributed by atoms with van der Waals surface area (Å²) in [6.07, 6.45) is 0.453. The quantitative estimate of drug-likeness (QED) is 0.679. The lowest BCUT2D eigenvalue weighted by Gasteiger charge is -2.12. The van der Waals surface area contributed by atoms with Gasteiger partial charge in [-0.15, -0.1) is 0 Å². The molecule has 0 aromatic heterocycles. The van der Waals surface area contributed by atoms with E-state index in [1.165, 1.54) is 32.4 Å². The van der Waals surface area contributed by atoms with Crippen LogP contribution >= 0.6 is 23.2 Å². The molecule has 0 radical (unpaired) electrons. The minimum Gasteiger partial charge on any atom is -0.494 e. The standard InChI is InChI=1S/C18H17Cl2F2NO4/c1-25-15-7-10(3-4-14(15)27-18(21)22)5-6-23-17(24)11-8-12(19)16(26-2)13(20)9-11/h3-4,7-9,18H,5-6H2,1-2H3,(H,23,24). The maximum atomic E-state index is 12.3. The van der Waals surface area contributed by atoms with E-state index in [0.29, 0.717) is 24.3 Å². The zero-order valence-electron chi connectivity index (χ0n) is 14.5. The first kappa shape index (κ1) is 21.1. The predicted octanol–water partition coefficient (Wildman–Crippen LogP) is 4.58. The summed E-state index contributed by atoms with van der Waals surface area (Å²) in [4.78, 5) is 12.2. The average Bonchev–Trinajstić information content (AvgIpc) is 2.62. The minimum atomic E-state index is -2.94. The van der Waals surface area contributed by atoms with Gasteiger partial charge in [-0.25, -0.2) is 0 Å². The summed E-state index contributed by atoms with van der Waals surface area (Å²) >= 11 is 12.0. The number of hydrogen-bond donors (Lipinski definition) is 1. The van der Waals surface area contributed by atoms with Gasteiger partial charge in [0.1, 0.15) is 0 Å². The second-order valence-corrected chi connectivity index (χ2v) is 6.16. The molecule has 0 unspecified atom stereocenters. The van der Waals surface area contributed by atoms with E-state index < -0.39 is 6.61 Å². The molecule has 0 aliphatic carbocycles. The fourth-order valence-corrected chi connectivity index (χ4v) is 3.01. The Labute approximate surface area is 165 Å². The number of ether oxygens (including phenoxy) is 3. The first-order valence-electron chi connectivity index (χ1n) is 7.78. The maximum absolute atomic E-state index is 12.3. The van der Waals surface area contributed by atoms with Gasteiger partial charge in [0.25, 0.3) is 5.91 Å². The Morgan fingerprint density at radius 1 is 1.07 bits per heavy atom. The average molecular weight is 420 g/mol. The summed E-state index contributed by atoms with van der Waals surface area (Å²) in [7, 11) is 2.79. The third-order valence-electron chi connectivity index (χ3n) is 3.61. The van der Waals surface area contributed by atoms with Crippen molar-refractivity contribution in [3.8, 4) is 17.2 Å². The Balaban J connectivity index is 1.99. The van der Waals surface area contributed by atoms with Crippen molar-refractivity contribution in [3.63, 3.8) is 0 Å². The van der Waals surface area contributed by atoms with E-state index in [2.05, 4.69) is 10.1 Å². The van der Waals surface area contributed by atoms with Crippen molar-refractivity contribution in [2.24, 2.45) is 0 Å². The van der Waals surface area contributed by atoms with Crippen LogP contribution in [0, 0.1) is 0 Å². The van der Waals surface area contributed by atoms with Crippen molar-refractivity contribution < 1.29 is 27.8 Å². The molecule has 0 heterocycles. The van der Waals surface area contributed by atoms with Crippen molar-refractivity contribution in [3.05, 3.63) is 51.5 Å². The molecule has 0 bridgehead atoms. The highest BCUT2D eigenvalue weighted by Gasteiger charge is 2.14. The summed E-state index contributed by atoms with van der Waals surface area (Å²) in [5.74, 6) is 0.0785. The molecule has 2 rings (SSSR count). The number of carbonyl (C=O) groups excluding carboxylic acids is 1. The SMILES string of the molecule is COc1cc(CCNC(=O)c2cc(Cl)c(OC)c(Cl)c2)ccc1OC(F)F. The van der Waals surface area contributed by atoms with E-state index in [0.717, 1.165) is 5.56 Å². The number of benzene rings is 2. The molecule has 1 N–H and O–H groups in total. The third kappa shape index (κ3) is 5.61. The lowest BCUT2D eigenvalue weighted by Crippen LogP contribution is -2.25. The lowest BCUT2D eigenvalue weighted by atomic mass is 10.1. The van der Waals surface area contributed by atoms with Crippen LogP contribution in [0.5, 0.6) is 17.2 Å². The zero-order chi connectivity index (χ0) is 20.0. The molecule has 0 aliphatic heterocycles. The van der Waals surface area contributed by atoms with Crippen LogP contribution in [0.3, 0.4) is 0 Å². The fourth-order valence-electron chi connectivity index (χ4n) is 2.37. The third-order valence-corrected chi connectivity index (χ3v) is 4.17. The molecule has 0 saturated carbocycles. The van der Waals surface area contributed by atoms with Gasteiger partial charge in [0.2, 0.25) is 0 Å². The van der Waals surface area contributed by atoms with E-state index in [-0.39, 0.29) is 27.5 Å². The van der Waals surface area contributed by atoms with Crippen LogP contribution in [0.2, 0.25) is 10.0 Å². The lowest BCUT2D eigenvalue weighted by molar-refractivity contribution is -0.0512. The van der Waals surface area contributed by atoms with Gasteiger partial charge in [0.15, 0.2) is 17.2 Å². The van der Waals surface area contributed by atoms with Gasteiger partial charge >= 0.3 is 6.61 Å². The molecule has 0 atom stereocenters. The van der Waals surface area contributed by atoms with Gasteiger partial charge in [-0.2, -0.15) is 8.78 Å². The predicted molar refractivity (Wildman–Crippen MR) is 98.7 cm³/mol. The number of hydrogen-bond acceptors (Lipinski definition) is 4. The summed E-state index contributed by atoms with van der Waals surface area (Å²) in [5.41, 5.74) is 1.07. The molecule has 2 aromatic rings. The van der Waals surface area contributed by atoms with E-state index in [9.17, 15) is 13.6 Å². The largest absolute Gasteiger partial charge is 0.494 e. The van der Waals surface area contributed by atoms with Crippen LogP contribution in [0.25, 0.3) is 0 Å². The highest BCUT2D eigenvalue weighted by molar-refractivity contribution is 6.37. The van der Waals surface area contributed by atoms with Crippen LogP contribution in [-0.4, -0.2) is 33.3 Å². The van der Waals surface area contributed by atoms with Crippen LogP contribution < -0.4 is 19.5 Å². The van der Waals surface area contributed by atoms with E-state index in [1.54, 1.807) is 12.1 Å². The highest BCUT2D eigenvalue weighted by atomic mass is 35.5. The maximum Gasteiger partial charge on any atom is 0.387 e. The van der Waals surface area contributed by atoms with Crippen molar-refractivity contribution in [2.75, 3.05) is 20.8 Å². The molecule has 0 spiro atoms. The van der Waals surface area contributed by atoms with E-state index in [1.807, 2.05) is 0 Å². The minimum absolute atomic E-state index is 0.0530. The number of methoxy groups -OCH3 is 2. The number of rotatable bonds is 8. The number of carbonyl (C=O) groups is 1. The van der Waals surface area contributed by atoms with Gasteiger partial charge in [-0.05, 0) is 36.2 Å². The smallest absolute Gasteiger partial charge is 0.387 e. The van der Waals surface area contributed by atoms with Crippen LogP contribution in [-0.2, 0) is 6.42 Å². The van der Waals surface area contributed by atoms with Gasteiger partial charge in [0, 0.05) is 12.1 Å². The fraction of sp³-hybridized carbons (Fsp3) is 0.278. The first-order valence-corrected chi connectivity index (χ1v) is 8.54. The molecule has 146 valence electrons. The molecular formula is C18H17Cl2F2NO4. The summed E-state index contributed by atoms with van der Waals surface area (Å²) in [6, 6.07) is 7.51. The Morgan fingerprint density at radius 2 is 1.74 bits per heavy atom. The molecule has 0 aliphatic rings. The second-order valence-electron chi connectivity index (χ2n) is 5.34. The molecule has 0 saturated heterocycles. The van der Waals surface area contributed by atoms with Crippen molar-refractivity contribution in [1.29, 1.82) is 0 Å². The normalized spacial score (nSPS) is 10.6. The molecule has 0 fully saturated rings. The number of nitrogens with one attached hydrogen (secondary N) is 1. The Morgan fingerprint density at radius 3 is 2.30 bits per heavy atom. The van der Waals surface area contributed by atoms with Crippen molar-refractivity contribution in [2.45, 2.75) is 13.0 Å². The van der Waals surface area contributed by atoms with Crippen LogP contribution in [0.1, 0.15) is 15.9 Å². The molecule has 2 aromatic carbocycles. The summed E-state index contributed by atoms with van der Waals surface area (Å²) in [5, 5.41) is 3.20. The van der Waals surface area contributed by atoms with Crippen molar-refractivity contribution >= 4 is 29.1 Å². The van der Waals surface area contributed by atoms with Crippen molar-refractivity contribution in [1.82, 2.24) is 5.32 Å².